The Morgan fingerprint density at radius 1 is 1.45 bits per heavy atom. The number of ketones is 2. The van der Waals surface area contributed by atoms with Gasteiger partial charge in [0.05, 0.1) is 0 Å². The molecule has 0 amide bonds. The van der Waals surface area contributed by atoms with E-state index in [2.05, 4.69) is 5.32 Å². The molecule has 62 valence electrons. The Morgan fingerprint density at radius 3 is 2.64 bits per heavy atom. The lowest BCUT2D eigenvalue weighted by Crippen LogP contribution is -2.36. The lowest BCUT2D eigenvalue weighted by atomic mass is 9.93. The minimum atomic E-state index is -0.307. The molecule has 1 saturated heterocycles. The molecule has 1 atom stereocenters. The Balaban J connectivity index is 2.45. The maximum atomic E-state index is 11.1. The number of nitrogens with one attached hydrogen (secondary N) is 1. The third-order valence-electron chi connectivity index (χ3n) is 2.01. The summed E-state index contributed by atoms with van der Waals surface area (Å²) >= 11 is 0. The average molecular weight is 155 g/mol. The Bertz CT molecular complexity index is 171. The Kier molecular flexibility index (Phi) is 2.76. The summed E-state index contributed by atoms with van der Waals surface area (Å²) in [7, 11) is 0. The zero-order chi connectivity index (χ0) is 8.27. The zero-order valence-electron chi connectivity index (χ0n) is 6.72. The van der Waals surface area contributed by atoms with E-state index < -0.39 is 0 Å². The van der Waals surface area contributed by atoms with Gasteiger partial charge in [-0.15, -0.1) is 0 Å². The molecule has 1 N–H and O–H groups in total. The van der Waals surface area contributed by atoms with Gasteiger partial charge in [0.15, 0.2) is 5.78 Å². The van der Waals surface area contributed by atoms with E-state index in [4.69, 9.17) is 0 Å². The number of piperidine rings is 1. The lowest BCUT2D eigenvalue weighted by Gasteiger charge is -2.19. The first-order valence-corrected chi connectivity index (χ1v) is 3.97. The normalized spacial score (nSPS) is 24.6. The predicted octanol–water partition coefficient (Wildman–Crippen LogP) is 0.144. The Morgan fingerprint density at radius 2 is 2.18 bits per heavy atom. The molecule has 11 heavy (non-hydrogen) atoms. The Hall–Kier alpha value is -0.700. The van der Waals surface area contributed by atoms with E-state index in [1.165, 1.54) is 6.92 Å². The van der Waals surface area contributed by atoms with Crippen molar-refractivity contribution in [3.8, 4) is 0 Å². The highest BCUT2D eigenvalue weighted by molar-refractivity contribution is 6.37. The van der Waals surface area contributed by atoms with Crippen LogP contribution in [0.5, 0.6) is 0 Å². The number of carbonyl (C=O) groups excluding carboxylic acids is 2. The van der Waals surface area contributed by atoms with Crippen LogP contribution in [0.15, 0.2) is 0 Å². The van der Waals surface area contributed by atoms with Gasteiger partial charge in [0, 0.05) is 19.4 Å². The molecule has 0 saturated carbocycles. The summed E-state index contributed by atoms with van der Waals surface area (Å²) in [5.41, 5.74) is 0. The van der Waals surface area contributed by atoms with Crippen molar-refractivity contribution in [2.45, 2.75) is 19.8 Å². The molecule has 0 aliphatic carbocycles. The van der Waals surface area contributed by atoms with Crippen LogP contribution < -0.4 is 5.32 Å². The summed E-state index contributed by atoms with van der Waals surface area (Å²) < 4.78 is 0. The van der Waals surface area contributed by atoms with Crippen LogP contribution in [0, 0.1) is 5.92 Å². The van der Waals surface area contributed by atoms with E-state index in [1.807, 2.05) is 0 Å². The first kappa shape index (κ1) is 8.40. The highest BCUT2D eigenvalue weighted by atomic mass is 16.2. The first-order chi connectivity index (χ1) is 5.22. The van der Waals surface area contributed by atoms with Gasteiger partial charge in [-0.25, -0.2) is 0 Å². The topological polar surface area (TPSA) is 46.2 Å². The van der Waals surface area contributed by atoms with Gasteiger partial charge in [-0.05, 0) is 19.4 Å². The van der Waals surface area contributed by atoms with Crippen LogP contribution in [0.3, 0.4) is 0 Å². The van der Waals surface area contributed by atoms with Gasteiger partial charge >= 0.3 is 0 Å². The van der Waals surface area contributed by atoms with Crippen LogP contribution in [-0.2, 0) is 9.59 Å². The van der Waals surface area contributed by atoms with Crippen LogP contribution in [0.2, 0.25) is 0 Å². The van der Waals surface area contributed by atoms with Gasteiger partial charge in [-0.3, -0.25) is 9.59 Å². The molecule has 1 rings (SSSR count). The molecule has 0 bridgehead atoms. The van der Waals surface area contributed by atoms with E-state index in [0.29, 0.717) is 6.54 Å². The fourth-order valence-electron chi connectivity index (χ4n) is 1.36. The number of hydrogen-bond donors (Lipinski definition) is 1. The molecule has 1 heterocycles. The van der Waals surface area contributed by atoms with E-state index in [-0.39, 0.29) is 17.5 Å². The standard InChI is InChI=1S/C8H13NO2/c1-6(10)8(11)7-3-2-4-9-5-7/h7,9H,2-5H2,1H3. The SMILES string of the molecule is CC(=O)C(=O)C1CCCNC1. The molecule has 0 aromatic rings. The zero-order valence-corrected chi connectivity index (χ0v) is 6.72. The summed E-state index contributed by atoms with van der Waals surface area (Å²) in [6.45, 7) is 3.00. The third kappa shape index (κ3) is 2.12. The average Bonchev–Trinajstić information content (AvgIpc) is 2.05. The quantitative estimate of drug-likeness (QED) is 0.577. The van der Waals surface area contributed by atoms with Crippen LogP contribution in [0.4, 0.5) is 0 Å². The molecule has 0 spiro atoms. The summed E-state index contributed by atoms with van der Waals surface area (Å²) in [6.07, 6.45) is 1.87. The van der Waals surface area contributed by atoms with Crippen molar-refractivity contribution in [3.63, 3.8) is 0 Å². The molecule has 0 aromatic heterocycles. The first-order valence-electron chi connectivity index (χ1n) is 3.97. The van der Waals surface area contributed by atoms with Gasteiger partial charge in [0.1, 0.15) is 0 Å². The second-order valence-electron chi connectivity index (χ2n) is 2.96. The van der Waals surface area contributed by atoms with Crippen molar-refractivity contribution in [2.75, 3.05) is 13.1 Å². The van der Waals surface area contributed by atoms with E-state index in [0.717, 1.165) is 19.4 Å². The van der Waals surface area contributed by atoms with Gasteiger partial charge in [-0.2, -0.15) is 0 Å². The second kappa shape index (κ2) is 3.62. The minimum Gasteiger partial charge on any atom is -0.316 e. The van der Waals surface area contributed by atoms with Crippen molar-refractivity contribution in [1.82, 2.24) is 5.32 Å². The number of Topliss-reactive ketones (excluding diaryl/α,β-unsaturated/α-hetero) is 2. The van der Waals surface area contributed by atoms with E-state index >= 15 is 0 Å². The van der Waals surface area contributed by atoms with Crippen LogP contribution in [0.25, 0.3) is 0 Å². The molecular formula is C8H13NO2. The monoisotopic (exact) mass is 155 g/mol. The second-order valence-corrected chi connectivity index (χ2v) is 2.96. The van der Waals surface area contributed by atoms with Gasteiger partial charge in [0.25, 0.3) is 0 Å². The molecule has 1 fully saturated rings. The van der Waals surface area contributed by atoms with Crippen LogP contribution >= 0.6 is 0 Å². The predicted molar refractivity (Wildman–Crippen MR) is 41.3 cm³/mol. The number of carbonyl (C=O) groups is 2. The third-order valence-corrected chi connectivity index (χ3v) is 2.01. The number of rotatable bonds is 2. The largest absolute Gasteiger partial charge is 0.316 e. The molecule has 1 unspecified atom stereocenters. The Labute approximate surface area is 66.2 Å². The molecule has 1 aliphatic heterocycles. The van der Waals surface area contributed by atoms with Crippen LogP contribution in [-0.4, -0.2) is 24.7 Å². The van der Waals surface area contributed by atoms with Gasteiger partial charge < -0.3 is 5.32 Å². The molecule has 0 aromatic carbocycles. The summed E-state index contributed by atoms with van der Waals surface area (Å²) in [5, 5.41) is 3.10. The molecular weight excluding hydrogens is 142 g/mol. The summed E-state index contributed by atoms with van der Waals surface area (Å²) in [6, 6.07) is 0. The van der Waals surface area contributed by atoms with Crippen molar-refractivity contribution in [3.05, 3.63) is 0 Å². The van der Waals surface area contributed by atoms with Crippen molar-refractivity contribution in [1.29, 1.82) is 0 Å². The molecule has 1 aliphatic rings. The maximum Gasteiger partial charge on any atom is 0.202 e. The van der Waals surface area contributed by atoms with Gasteiger partial charge in [-0.1, -0.05) is 0 Å². The molecule has 3 nitrogen and oxygen atoms in total. The summed E-state index contributed by atoms with van der Waals surface area (Å²) in [4.78, 5) is 21.8. The van der Waals surface area contributed by atoms with E-state index in [9.17, 15) is 9.59 Å². The van der Waals surface area contributed by atoms with Crippen molar-refractivity contribution < 1.29 is 9.59 Å². The summed E-state index contributed by atoms with van der Waals surface area (Å²) in [5.74, 6) is -0.572. The van der Waals surface area contributed by atoms with Crippen molar-refractivity contribution in [2.24, 2.45) is 5.92 Å². The van der Waals surface area contributed by atoms with Gasteiger partial charge in [0.2, 0.25) is 5.78 Å². The smallest absolute Gasteiger partial charge is 0.202 e. The van der Waals surface area contributed by atoms with E-state index in [1.54, 1.807) is 0 Å². The number of hydrogen-bond acceptors (Lipinski definition) is 3. The van der Waals surface area contributed by atoms with Crippen molar-refractivity contribution >= 4 is 11.6 Å². The maximum absolute atomic E-state index is 11.1. The molecule has 0 radical (unpaired) electrons. The highest BCUT2D eigenvalue weighted by Crippen LogP contribution is 2.10. The fraction of sp³-hybridized carbons (Fsp3) is 0.750. The fourth-order valence-corrected chi connectivity index (χ4v) is 1.36. The highest BCUT2D eigenvalue weighted by Gasteiger charge is 2.23. The minimum absolute atomic E-state index is 0.0544. The lowest BCUT2D eigenvalue weighted by molar-refractivity contribution is -0.138. The van der Waals surface area contributed by atoms with Crippen LogP contribution in [0.1, 0.15) is 19.8 Å². The molecule has 3 heteroatoms.